The molecule has 0 aromatic heterocycles. The summed E-state index contributed by atoms with van der Waals surface area (Å²) in [6.45, 7) is 12.9. The van der Waals surface area contributed by atoms with Gasteiger partial charge in [0, 0.05) is 32.3 Å². The van der Waals surface area contributed by atoms with Gasteiger partial charge in [0.2, 0.25) is 0 Å². The van der Waals surface area contributed by atoms with Crippen molar-refractivity contribution in [2.45, 2.75) is 71.9 Å². The Hall–Kier alpha value is -0.810. The lowest BCUT2D eigenvalue weighted by atomic mass is 10.0. The van der Waals surface area contributed by atoms with Gasteiger partial charge in [-0.25, -0.2) is 0 Å². The second-order valence-electron chi connectivity index (χ2n) is 6.84. The number of guanidine groups is 1. The van der Waals surface area contributed by atoms with E-state index in [4.69, 9.17) is 9.47 Å². The summed E-state index contributed by atoms with van der Waals surface area (Å²) in [4.78, 5) is 4.63. The third kappa shape index (κ3) is 10.6. The molecule has 1 saturated heterocycles. The van der Waals surface area contributed by atoms with Gasteiger partial charge in [-0.2, -0.15) is 0 Å². The van der Waals surface area contributed by atoms with E-state index in [1.54, 1.807) is 0 Å². The maximum Gasteiger partial charge on any atom is 0.191 e. The van der Waals surface area contributed by atoms with Crippen molar-refractivity contribution in [2.24, 2.45) is 10.9 Å². The van der Waals surface area contributed by atoms with Crippen molar-refractivity contribution in [2.75, 3.05) is 32.9 Å². The van der Waals surface area contributed by atoms with Crippen LogP contribution in [0.4, 0.5) is 0 Å². The van der Waals surface area contributed by atoms with Crippen LogP contribution in [-0.2, 0) is 9.47 Å². The molecule has 0 radical (unpaired) electrons. The van der Waals surface area contributed by atoms with Gasteiger partial charge in [-0.15, -0.1) is 0 Å². The van der Waals surface area contributed by atoms with Gasteiger partial charge in [0.25, 0.3) is 0 Å². The third-order valence-electron chi connectivity index (χ3n) is 3.95. The molecule has 1 fully saturated rings. The van der Waals surface area contributed by atoms with Crippen LogP contribution < -0.4 is 10.6 Å². The third-order valence-corrected chi connectivity index (χ3v) is 3.95. The van der Waals surface area contributed by atoms with Crippen LogP contribution in [0.2, 0.25) is 0 Å². The van der Waals surface area contributed by atoms with E-state index in [-0.39, 0.29) is 0 Å². The van der Waals surface area contributed by atoms with Crippen molar-refractivity contribution < 1.29 is 9.47 Å². The number of nitrogens with zero attached hydrogens (tertiary/aromatic N) is 1. The fourth-order valence-corrected chi connectivity index (χ4v) is 2.56. The van der Waals surface area contributed by atoms with Crippen LogP contribution in [0.1, 0.15) is 59.8 Å². The van der Waals surface area contributed by atoms with Gasteiger partial charge in [0.15, 0.2) is 5.96 Å². The van der Waals surface area contributed by atoms with Crippen LogP contribution in [-0.4, -0.2) is 51.0 Å². The first-order valence-corrected chi connectivity index (χ1v) is 9.36. The Morgan fingerprint density at radius 3 is 2.78 bits per heavy atom. The minimum atomic E-state index is 0.319. The molecule has 1 aliphatic rings. The molecule has 0 spiro atoms. The van der Waals surface area contributed by atoms with Crippen LogP contribution in [0.25, 0.3) is 0 Å². The molecule has 1 heterocycles. The lowest BCUT2D eigenvalue weighted by molar-refractivity contribution is 0.0171. The van der Waals surface area contributed by atoms with Gasteiger partial charge >= 0.3 is 0 Å². The van der Waals surface area contributed by atoms with Crippen molar-refractivity contribution >= 4 is 5.96 Å². The van der Waals surface area contributed by atoms with Gasteiger partial charge < -0.3 is 20.1 Å². The monoisotopic (exact) mass is 327 g/mol. The summed E-state index contributed by atoms with van der Waals surface area (Å²) in [6, 6.07) is 0.450. The van der Waals surface area contributed by atoms with E-state index in [1.165, 1.54) is 19.3 Å². The average Bonchev–Trinajstić information content (AvgIpc) is 3.02. The highest BCUT2D eigenvalue weighted by Crippen LogP contribution is 2.11. The molecule has 0 aromatic rings. The molecule has 23 heavy (non-hydrogen) atoms. The molecule has 1 aliphatic heterocycles. The van der Waals surface area contributed by atoms with Crippen LogP contribution in [0, 0.1) is 5.92 Å². The summed E-state index contributed by atoms with van der Waals surface area (Å²) in [6.07, 6.45) is 5.99. The molecule has 1 rings (SSSR count). The summed E-state index contributed by atoms with van der Waals surface area (Å²) in [7, 11) is 0. The Balaban J connectivity index is 2.14. The summed E-state index contributed by atoms with van der Waals surface area (Å²) >= 11 is 0. The van der Waals surface area contributed by atoms with Crippen molar-refractivity contribution in [3.8, 4) is 0 Å². The highest BCUT2D eigenvalue weighted by atomic mass is 16.5. The Bertz CT molecular complexity index is 315. The minimum Gasteiger partial charge on any atom is -0.379 e. The second-order valence-corrected chi connectivity index (χ2v) is 6.84. The molecule has 2 atom stereocenters. The Morgan fingerprint density at radius 2 is 2.13 bits per heavy atom. The molecular formula is C18H37N3O2. The normalized spacial score (nSPS) is 20.0. The number of aliphatic imine (C=N–C) groups is 1. The van der Waals surface area contributed by atoms with E-state index in [9.17, 15) is 0 Å². The molecule has 2 N–H and O–H groups in total. The molecule has 5 nitrogen and oxygen atoms in total. The Morgan fingerprint density at radius 1 is 1.30 bits per heavy atom. The van der Waals surface area contributed by atoms with Crippen LogP contribution in [0.15, 0.2) is 4.99 Å². The van der Waals surface area contributed by atoms with Crippen molar-refractivity contribution in [3.63, 3.8) is 0 Å². The van der Waals surface area contributed by atoms with Gasteiger partial charge in [0.05, 0.1) is 12.7 Å². The smallest absolute Gasteiger partial charge is 0.191 e. The molecule has 5 heteroatoms. The molecule has 2 unspecified atom stereocenters. The number of nitrogens with one attached hydrogen (secondary N) is 2. The number of rotatable bonds is 11. The van der Waals surface area contributed by atoms with E-state index in [0.717, 1.165) is 57.6 Å². The second kappa shape index (κ2) is 12.6. The Kier molecular flexibility index (Phi) is 11.1. The van der Waals surface area contributed by atoms with E-state index < -0.39 is 0 Å². The summed E-state index contributed by atoms with van der Waals surface area (Å²) in [5.41, 5.74) is 0. The fraction of sp³-hybridized carbons (Fsp3) is 0.944. The van der Waals surface area contributed by atoms with E-state index in [2.05, 4.69) is 43.3 Å². The summed E-state index contributed by atoms with van der Waals surface area (Å²) in [5.74, 6) is 1.67. The summed E-state index contributed by atoms with van der Waals surface area (Å²) in [5, 5.41) is 6.80. The zero-order valence-electron chi connectivity index (χ0n) is 15.6. The largest absolute Gasteiger partial charge is 0.379 e. The van der Waals surface area contributed by atoms with E-state index >= 15 is 0 Å². The van der Waals surface area contributed by atoms with E-state index in [0.29, 0.717) is 12.1 Å². The summed E-state index contributed by atoms with van der Waals surface area (Å²) < 4.78 is 11.2. The lowest BCUT2D eigenvalue weighted by Gasteiger charge is -2.18. The first-order valence-electron chi connectivity index (χ1n) is 9.36. The van der Waals surface area contributed by atoms with Crippen molar-refractivity contribution in [1.29, 1.82) is 0 Å². The minimum absolute atomic E-state index is 0.319. The SMILES string of the molecule is CCNC(=NCCCOCC1CCCO1)NC(C)CCC(C)C. The number of hydrogen-bond acceptors (Lipinski definition) is 3. The maximum atomic E-state index is 5.67. The average molecular weight is 328 g/mol. The lowest BCUT2D eigenvalue weighted by Crippen LogP contribution is -2.42. The van der Waals surface area contributed by atoms with E-state index in [1.807, 2.05) is 0 Å². The molecular weight excluding hydrogens is 290 g/mol. The zero-order valence-corrected chi connectivity index (χ0v) is 15.6. The van der Waals surface area contributed by atoms with Crippen LogP contribution in [0.5, 0.6) is 0 Å². The van der Waals surface area contributed by atoms with Crippen molar-refractivity contribution in [1.82, 2.24) is 10.6 Å². The molecule has 136 valence electrons. The Labute approximate surface area is 142 Å². The first kappa shape index (κ1) is 20.2. The quantitative estimate of drug-likeness (QED) is 0.348. The first-order chi connectivity index (χ1) is 11.1. The molecule has 0 aromatic carbocycles. The highest BCUT2D eigenvalue weighted by Gasteiger charge is 2.14. The molecule has 0 bridgehead atoms. The molecule has 0 aliphatic carbocycles. The van der Waals surface area contributed by atoms with Crippen molar-refractivity contribution in [3.05, 3.63) is 0 Å². The van der Waals surface area contributed by atoms with Gasteiger partial charge in [-0.3, -0.25) is 4.99 Å². The van der Waals surface area contributed by atoms with Gasteiger partial charge in [-0.1, -0.05) is 13.8 Å². The number of ether oxygens (including phenoxy) is 2. The molecule has 0 saturated carbocycles. The predicted octanol–water partition coefficient (Wildman–Crippen LogP) is 2.95. The highest BCUT2D eigenvalue weighted by molar-refractivity contribution is 5.79. The maximum absolute atomic E-state index is 5.67. The fourth-order valence-electron chi connectivity index (χ4n) is 2.56. The standard InChI is InChI=1S/C18H37N3O2/c1-5-19-18(21-16(4)10-9-15(2)3)20-11-7-12-22-14-17-8-6-13-23-17/h15-17H,5-14H2,1-4H3,(H2,19,20,21). The van der Waals surface area contributed by atoms with Crippen LogP contribution >= 0.6 is 0 Å². The van der Waals surface area contributed by atoms with Gasteiger partial charge in [0.1, 0.15) is 0 Å². The topological polar surface area (TPSA) is 54.9 Å². The molecule has 0 amide bonds. The van der Waals surface area contributed by atoms with Crippen LogP contribution in [0.3, 0.4) is 0 Å². The predicted molar refractivity (Wildman–Crippen MR) is 97.1 cm³/mol. The zero-order chi connectivity index (χ0) is 16.9. The van der Waals surface area contributed by atoms with Gasteiger partial charge in [-0.05, 0) is 51.9 Å². The number of hydrogen-bond donors (Lipinski definition) is 2.